The summed E-state index contributed by atoms with van der Waals surface area (Å²) in [6.07, 6.45) is 0. The first kappa shape index (κ1) is 23.5. The van der Waals surface area contributed by atoms with Gasteiger partial charge in [-0.15, -0.1) is 11.3 Å². The molecule has 0 radical (unpaired) electrons. The van der Waals surface area contributed by atoms with Crippen LogP contribution in [-0.2, 0) is 0 Å². The Morgan fingerprint density at radius 2 is 1.12 bits per heavy atom. The summed E-state index contributed by atoms with van der Waals surface area (Å²) in [5.74, 6) is 1.01. The second-order valence-corrected chi connectivity index (χ2v) is 14.3. The molecule has 5 heteroatoms. The summed E-state index contributed by atoms with van der Waals surface area (Å²) in [6.45, 7) is 0. The number of rotatable bonds is 6. The Labute approximate surface area is 341 Å². The molecule has 0 aliphatic carbocycles. The van der Waals surface area contributed by atoms with Crippen molar-refractivity contribution in [2.24, 2.45) is 0 Å². The van der Waals surface area contributed by atoms with E-state index in [1.54, 1.807) is 15.9 Å². The van der Waals surface area contributed by atoms with E-state index in [2.05, 4.69) is 24.3 Å². The van der Waals surface area contributed by atoms with Crippen molar-refractivity contribution in [3.8, 4) is 62.1 Å². The molecule has 262 valence electrons. The van der Waals surface area contributed by atoms with Crippen molar-refractivity contribution >= 4 is 53.3 Å². The zero-order chi connectivity index (χ0) is 45.7. The average molecular weight is 743 g/mol. The van der Waals surface area contributed by atoms with E-state index < -0.39 is 30.2 Å². The van der Waals surface area contributed by atoms with Crippen molar-refractivity contribution in [3.63, 3.8) is 0 Å². The number of thiophene rings is 1. The third-order valence-electron chi connectivity index (χ3n) is 9.93. The fourth-order valence-corrected chi connectivity index (χ4v) is 8.59. The van der Waals surface area contributed by atoms with E-state index in [1.807, 2.05) is 97.1 Å². The van der Waals surface area contributed by atoms with E-state index in [9.17, 15) is 5.48 Å². The Hall–Kier alpha value is -7.21. The summed E-state index contributed by atoms with van der Waals surface area (Å²) in [6, 6.07) is 37.6. The molecule has 3 aromatic heterocycles. The standard InChI is InChI=1S/C51H32N4S/c1-4-15-33(16-5-1)36-27-29-40-39-21-10-12-25-44(39)55(46(40)32-36)45-30-28-37(38-23-14-24-42-41-22-11-13-26-47(41)56-48(38)42)31-43(45)51-53-49(34-17-6-2-7-18-34)52-50(54-51)35-19-8-3-9-20-35/h1-32H/i1D,4D,5D,10D,15D,16D,21D,25D,29D,32D. The fraction of sp³-hybridized carbons (Fsp3) is 0. The minimum atomic E-state index is -0.597. The van der Waals surface area contributed by atoms with E-state index in [0.717, 1.165) is 42.4 Å². The molecule has 0 unspecified atom stereocenters. The van der Waals surface area contributed by atoms with Gasteiger partial charge in [0.2, 0.25) is 0 Å². The van der Waals surface area contributed by atoms with Gasteiger partial charge in [-0.2, -0.15) is 0 Å². The first-order chi connectivity index (χ1) is 31.9. The van der Waals surface area contributed by atoms with Gasteiger partial charge in [0.05, 0.1) is 30.4 Å². The van der Waals surface area contributed by atoms with Crippen molar-refractivity contribution in [1.82, 2.24) is 19.5 Å². The largest absolute Gasteiger partial charge is 0.308 e. The van der Waals surface area contributed by atoms with Gasteiger partial charge in [0.15, 0.2) is 17.5 Å². The number of benzene rings is 8. The van der Waals surface area contributed by atoms with Crippen molar-refractivity contribution in [3.05, 3.63) is 194 Å². The molecule has 0 aliphatic heterocycles. The van der Waals surface area contributed by atoms with Crippen LogP contribution in [0.3, 0.4) is 0 Å². The molecule has 0 amide bonds. The molecule has 0 spiro atoms. The molecular weight excluding hydrogens is 701 g/mol. The Morgan fingerprint density at radius 3 is 1.91 bits per heavy atom. The molecule has 0 atom stereocenters. The van der Waals surface area contributed by atoms with Gasteiger partial charge in [-0.1, -0.05) is 164 Å². The van der Waals surface area contributed by atoms with E-state index >= 15 is 0 Å². The molecule has 56 heavy (non-hydrogen) atoms. The molecule has 11 rings (SSSR count). The van der Waals surface area contributed by atoms with Crippen LogP contribution in [0, 0.1) is 0 Å². The zero-order valence-corrected chi connectivity index (χ0v) is 30.2. The van der Waals surface area contributed by atoms with Crippen LogP contribution in [0.15, 0.2) is 194 Å². The lowest BCUT2D eigenvalue weighted by atomic mass is 9.99. The number of fused-ring (bicyclic) bond motifs is 6. The molecule has 0 saturated carbocycles. The van der Waals surface area contributed by atoms with Crippen LogP contribution >= 0.6 is 11.3 Å². The second kappa shape index (κ2) is 13.3. The third kappa shape index (κ3) is 5.40. The highest BCUT2D eigenvalue weighted by Crippen LogP contribution is 2.43. The van der Waals surface area contributed by atoms with Crippen LogP contribution in [0.25, 0.3) is 104 Å². The first-order valence-corrected chi connectivity index (χ1v) is 18.8. The fourth-order valence-electron chi connectivity index (χ4n) is 7.35. The monoisotopic (exact) mass is 742 g/mol. The highest BCUT2D eigenvalue weighted by atomic mass is 32.1. The SMILES string of the molecule is [2H]c1cc([2H])c2c(c1[2H])c1c([2H])cc(-c3c([2H])c([2H])c([2H])c([2H])c3[2H])c([2H])c1n2-c1ccc(-c2cccc3c2sc2ccccc23)cc1-c1nc(-c2ccccc2)nc(-c2ccccc2)n1. The van der Waals surface area contributed by atoms with E-state index in [-0.39, 0.29) is 69.0 Å². The summed E-state index contributed by atoms with van der Waals surface area (Å²) < 4.78 is 93.4. The summed E-state index contributed by atoms with van der Waals surface area (Å²) in [5.41, 5.74) is 3.82. The Kier molecular flexibility index (Phi) is 5.58. The molecule has 11 aromatic rings. The summed E-state index contributed by atoms with van der Waals surface area (Å²) >= 11 is 1.68. The number of para-hydroxylation sites is 1. The molecule has 0 bridgehead atoms. The molecule has 0 saturated heterocycles. The van der Waals surface area contributed by atoms with Crippen molar-refractivity contribution in [2.75, 3.05) is 0 Å². The number of hydrogen-bond acceptors (Lipinski definition) is 4. The predicted molar refractivity (Wildman–Crippen MR) is 234 cm³/mol. The number of nitrogens with zero attached hydrogens (tertiary/aromatic N) is 4. The number of aromatic nitrogens is 4. The molecular formula is C51H32N4S. The average Bonchev–Trinajstić information content (AvgIpc) is 3.92. The van der Waals surface area contributed by atoms with Gasteiger partial charge in [0.1, 0.15) is 0 Å². The molecule has 4 nitrogen and oxygen atoms in total. The lowest BCUT2D eigenvalue weighted by Crippen LogP contribution is -2.04. The van der Waals surface area contributed by atoms with Crippen molar-refractivity contribution < 1.29 is 13.7 Å². The van der Waals surface area contributed by atoms with Gasteiger partial charge in [-0.05, 0) is 52.5 Å². The molecule has 3 heterocycles. The normalized spacial score (nSPS) is 14.1. The summed E-state index contributed by atoms with van der Waals surface area (Å²) in [4.78, 5) is 15.2. The van der Waals surface area contributed by atoms with E-state index in [1.165, 1.54) is 12.1 Å². The third-order valence-corrected chi connectivity index (χ3v) is 11.1. The van der Waals surface area contributed by atoms with Gasteiger partial charge >= 0.3 is 0 Å². The van der Waals surface area contributed by atoms with Gasteiger partial charge in [-0.25, -0.2) is 15.0 Å². The maximum Gasteiger partial charge on any atom is 0.166 e. The smallest absolute Gasteiger partial charge is 0.166 e. The molecule has 0 N–H and O–H groups in total. The van der Waals surface area contributed by atoms with Crippen LogP contribution in [0.2, 0.25) is 0 Å². The highest BCUT2D eigenvalue weighted by molar-refractivity contribution is 7.26. The van der Waals surface area contributed by atoms with Crippen molar-refractivity contribution in [1.29, 1.82) is 0 Å². The lowest BCUT2D eigenvalue weighted by molar-refractivity contribution is 1.06. The van der Waals surface area contributed by atoms with Crippen LogP contribution in [-0.4, -0.2) is 19.5 Å². The van der Waals surface area contributed by atoms with E-state index in [0.29, 0.717) is 22.9 Å². The lowest BCUT2D eigenvalue weighted by Gasteiger charge is -2.17. The van der Waals surface area contributed by atoms with Crippen LogP contribution in [0.1, 0.15) is 13.7 Å². The number of hydrogen-bond donors (Lipinski definition) is 0. The maximum atomic E-state index is 9.92. The Bertz CT molecular complexity index is 3750. The van der Waals surface area contributed by atoms with Gasteiger partial charge in [0.25, 0.3) is 0 Å². The quantitative estimate of drug-likeness (QED) is 0.170. The minimum absolute atomic E-state index is 0.0353. The van der Waals surface area contributed by atoms with Crippen molar-refractivity contribution in [2.45, 2.75) is 0 Å². The minimum Gasteiger partial charge on any atom is -0.308 e. The predicted octanol–water partition coefficient (Wildman–Crippen LogP) is 13.7. The Morgan fingerprint density at radius 1 is 0.429 bits per heavy atom. The topological polar surface area (TPSA) is 43.6 Å². The van der Waals surface area contributed by atoms with Gasteiger partial charge in [-0.3, -0.25) is 0 Å². The summed E-state index contributed by atoms with van der Waals surface area (Å²) in [5, 5.41) is 2.40. The van der Waals surface area contributed by atoms with Gasteiger partial charge < -0.3 is 4.57 Å². The highest BCUT2D eigenvalue weighted by Gasteiger charge is 2.21. The molecule has 0 fully saturated rings. The molecule has 0 aliphatic rings. The van der Waals surface area contributed by atoms with E-state index in [4.69, 9.17) is 23.2 Å². The first-order valence-electron chi connectivity index (χ1n) is 23.0. The van der Waals surface area contributed by atoms with Crippen LogP contribution in [0.4, 0.5) is 0 Å². The van der Waals surface area contributed by atoms with Gasteiger partial charge in [0, 0.05) is 47.6 Å². The summed E-state index contributed by atoms with van der Waals surface area (Å²) in [7, 11) is 0. The second-order valence-electron chi connectivity index (χ2n) is 13.2. The Balaban J connectivity index is 1.30. The maximum absolute atomic E-state index is 9.92. The molecule has 8 aromatic carbocycles. The van der Waals surface area contributed by atoms with Crippen LogP contribution < -0.4 is 0 Å². The zero-order valence-electron chi connectivity index (χ0n) is 39.4. The van der Waals surface area contributed by atoms with Crippen LogP contribution in [0.5, 0.6) is 0 Å².